The predicted octanol–water partition coefficient (Wildman–Crippen LogP) is 2.09. The van der Waals surface area contributed by atoms with Gasteiger partial charge in [-0.2, -0.15) is 0 Å². The van der Waals surface area contributed by atoms with Crippen LogP contribution in [0, 0.1) is 6.92 Å². The van der Waals surface area contributed by atoms with Crippen molar-refractivity contribution >= 4 is 21.4 Å². The Kier molecular flexibility index (Phi) is 4.08. The molecule has 8 heteroatoms. The molecule has 3 rings (SSSR count). The van der Waals surface area contributed by atoms with Gasteiger partial charge < -0.3 is 9.26 Å². The zero-order chi connectivity index (χ0) is 17.5. The fourth-order valence-electron chi connectivity index (χ4n) is 2.56. The van der Waals surface area contributed by atoms with Crippen LogP contribution in [0.3, 0.4) is 0 Å². The van der Waals surface area contributed by atoms with Gasteiger partial charge in [0, 0.05) is 6.07 Å². The van der Waals surface area contributed by atoms with Crippen LogP contribution in [-0.4, -0.2) is 31.3 Å². The van der Waals surface area contributed by atoms with Gasteiger partial charge in [-0.25, -0.2) is 8.42 Å². The number of benzene rings is 1. The number of hydrogen-bond acceptors (Lipinski definition) is 6. The average Bonchev–Trinajstić information content (AvgIpc) is 2.96. The van der Waals surface area contributed by atoms with Gasteiger partial charge in [0.05, 0.1) is 22.9 Å². The Morgan fingerprint density at radius 2 is 2.04 bits per heavy atom. The van der Waals surface area contributed by atoms with E-state index in [4.69, 9.17) is 9.26 Å². The molecule has 0 N–H and O–H groups in total. The molecule has 0 saturated carbocycles. The van der Waals surface area contributed by atoms with E-state index in [1.807, 2.05) is 0 Å². The topological polar surface area (TPSA) is 89.7 Å². The second kappa shape index (κ2) is 5.94. The van der Waals surface area contributed by atoms with Crippen LogP contribution in [0.15, 0.2) is 33.7 Å². The Bertz CT molecular complexity index is 888. The normalized spacial score (nSPS) is 17.5. The number of carbonyl (C=O) groups excluding carboxylic acids is 1. The lowest BCUT2D eigenvalue weighted by molar-refractivity contribution is -0.125. The van der Waals surface area contributed by atoms with Crippen LogP contribution in [0.4, 0.5) is 5.69 Å². The van der Waals surface area contributed by atoms with Crippen molar-refractivity contribution in [3.63, 3.8) is 0 Å². The zero-order valence-electron chi connectivity index (χ0n) is 13.6. The van der Waals surface area contributed by atoms with Gasteiger partial charge in [0.25, 0.3) is 5.91 Å². The van der Waals surface area contributed by atoms with Crippen LogP contribution < -0.4 is 9.64 Å². The summed E-state index contributed by atoms with van der Waals surface area (Å²) in [6.45, 7) is 5.18. The summed E-state index contributed by atoms with van der Waals surface area (Å²) >= 11 is 0. The molecule has 128 valence electrons. The maximum atomic E-state index is 12.5. The first-order valence-corrected chi connectivity index (χ1v) is 9.24. The summed E-state index contributed by atoms with van der Waals surface area (Å²) in [4.78, 5) is 14.2. The second-order valence-electron chi connectivity index (χ2n) is 5.65. The van der Waals surface area contributed by atoms with E-state index in [0.29, 0.717) is 22.9 Å². The Morgan fingerprint density at radius 3 is 2.67 bits per heavy atom. The maximum absolute atomic E-state index is 12.5. The van der Waals surface area contributed by atoms with Crippen molar-refractivity contribution in [2.75, 3.05) is 10.7 Å². The Morgan fingerprint density at radius 1 is 1.29 bits per heavy atom. The van der Waals surface area contributed by atoms with Crippen molar-refractivity contribution in [3.05, 3.63) is 35.7 Å². The lowest BCUT2D eigenvalue weighted by Crippen LogP contribution is -2.44. The third-order valence-electron chi connectivity index (χ3n) is 3.87. The van der Waals surface area contributed by atoms with Crippen molar-refractivity contribution < 1.29 is 22.5 Å². The van der Waals surface area contributed by atoms with Crippen molar-refractivity contribution in [2.45, 2.75) is 38.3 Å². The van der Waals surface area contributed by atoms with Crippen LogP contribution in [0.1, 0.15) is 25.3 Å². The van der Waals surface area contributed by atoms with Crippen LogP contribution in [-0.2, 0) is 21.2 Å². The summed E-state index contributed by atoms with van der Waals surface area (Å²) in [5.41, 5.74) is 1.01. The number of aryl methyl sites for hydroxylation is 1. The van der Waals surface area contributed by atoms with Gasteiger partial charge >= 0.3 is 0 Å². The highest BCUT2D eigenvalue weighted by molar-refractivity contribution is 7.91. The summed E-state index contributed by atoms with van der Waals surface area (Å²) < 4.78 is 34.9. The molecule has 7 nitrogen and oxygen atoms in total. The molecular formula is C16H18N2O5S. The number of ether oxygens (including phenoxy) is 1. The van der Waals surface area contributed by atoms with E-state index >= 15 is 0 Å². The molecule has 1 aliphatic rings. The molecule has 1 aromatic carbocycles. The van der Waals surface area contributed by atoms with Crippen LogP contribution in [0.5, 0.6) is 5.75 Å². The molecule has 1 amide bonds. The summed E-state index contributed by atoms with van der Waals surface area (Å²) in [6.07, 6.45) is -0.654. The van der Waals surface area contributed by atoms with E-state index in [9.17, 15) is 13.2 Å². The standard InChI is InChI=1S/C16H18N2O5S/c1-4-24(20,21)13-5-6-15-14(8-13)18(16(19)11(3)22-15)9-12-7-10(2)23-17-12/h5-8,11H,4,9H2,1-3H3. The summed E-state index contributed by atoms with van der Waals surface area (Å²) in [5, 5.41) is 3.90. The first-order chi connectivity index (χ1) is 11.3. The monoisotopic (exact) mass is 350 g/mol. The number of rotatable bonds is 4. The van der Waals surface area contributed by atoms with Crippen LogP contribution >= 0.6 is 0 Å². The highest BCUT2D eigenvalue weighted by atomic mass is 32.2. The van der Waals surface area contributed by atoms with E-state index in [1.54, 1.807) is 32.9 Å². The minimum Gasteiger partial charge on any atom is -0.479 e. The van der Waals surface area contributed by atoms with E-state index in [0.717, 1.165) is 0 Å². The van der Waals surface area contributed by atoms with E-state index in [-0.39, 0.29) is 23.1 Å². The number of anilines is 1. The summed E-state index contributed by atoms with van der Waals surface area (Å²) in [5.74, 6) is 0.840. The summed E-state index contributed by atoms with van der Waals surface area (Å²) in [6, 6.07) is 6.30. The van der Waals surface area contributed by atoms with E-state index in [1.165, 1.54) is 17.0 Å². The second-order valence-corrected chi connectivity index (χ2v) is 7.92. The van der Waals surface area contributed by atoms with Gasteiger partial charge in [-0.05, 0) is 32.0 Å². The number of carbonyl (C=O) groups is 1. The van der Waals surface area contributed by atoms with Gasteiger partial charge in [-0.3, -0.25) is 9.69 Å². The average molecular weight is 350 g/mol. The molecule has 2 heterocycles. The number of amides is 1. The molecule has 0 fully saturated rings. The van der Waals surface area contributed by atoms with Crippen molar-refractivity contribution in [1.29, 1.82) is 0 Å². The molecule has 1 unspecified atom stereocenters. The fraction of sp³-hybridized carbons (Fsp3) is 0.375. The number of sulfone groups is 1. The van der Waals surface area contributed by atoms with Crippen LogP contribution in [0.2, 0.25) is 0 Å². The zero-order valence-corrected chi connectivity index (χ0v) is 14.5. The van der Waals surface area contributed by atoms with Crippen molar-refractivity contribution in [2.24, 2.45) is 0 Å². The molecule has 0 bridgehead atoms. The minimum atomic E-state index is -3.38. The number of aromatic nitrogens is 1. The number of nitrogens with zero attached hydrogens (tertiary/aromatic N) is 2. The van der Waals surface area contributed by atoms with Crippen LogP contribution in [0.25, 0.3) is 0 Å². The van der Waals surface area contributed by atoms with Gasteiger partial charge in [-0.15, -0.1) is 0 Å². The first kappa shape index (κ1) is 16.5. The lowest BCUT2D eigenvalue weighted by atomic mass is 10.1. The Hall–Kier alpha value is -2.35. The molecule has 1 aliphatic heterocycles. The smallest absolute Gasteiger partial charge is 0.268 e. The third kappa shape index (κ3) is 2.89. The fourth-order valence-corrected chi connectivity index (χ4v) is 3.46. The van der Waals surface area contributed by atoms with Crippen molar-refractivity contribution in [3.8, 4) is 5.75 Å². The van der Waals surface area contributed by atoms with Gasteiger partial charge in [0.2, 0.25) is 0 Å². The number of hydrogen-bond donors (Lipinski definition) is 0. The molecular weight excluding hydrogens is 332 g/mol. The van der Waals surface area contributed by atoms with Gasteiger partial charge in [-0.1, -0.05) is 12.1 Å². The first-order valence-electron chi connectivity index (χ1n) is 7.59. The molecule has 24 heavy (non-hydrogen) atoms. The Labute approximate surface area is 140 Å². The molecule has 1 aromatic heterocycles. The minimum absolute atomic E-state index is 0.0144. The van der Waals surface area contributed by atoms with Crippen molar-refractivity contribution in [1.82, 2.24) is 5.16 Å². The largest absolute Gasteiger partial charge is 0.479 e. The lowest BCUT2D eigenvalue weighted by Gasteiger charge is -2.32. The SMILES string of the molecule is CCS(=O)(=O)c1ccc2c(c1)N(Cc1cc(C)on1)C(=O)C(C)O2. The Balaban J connectivity index is 2.06. The van der Waals surface area contributed by atoms with E-state index in [2.05, 4.69) is 5.16 Å². The molecule has 0 saturated heterocycles. The molecule has 0 spiro atoms. The van der Waals surface area contributed by atoms with Gasteiger partial charge in [0.15, 0.2) is 15.9 Å². The van der Waals surface area contributed by atoms with Gasteiger partial charge in [0.1, 0.15) is 17.2 Å². The highest BCUT2D eigenvalue weighted by Crippen LogP contribution is 2.37. The molecule has 1 atom stereocenters. The molecule has 0 aliphatic carbocycles. The molecule has 0 radical (unpaired) electrons. The highest BCUT2D eigenvalue weighted by Gasteiger charge is 2.33. The quantitative estimate of drug-likeness (QED) is 0.839. The number of fused-ring (bicyclic) bond motifs is 1. The third-order valence-corrected chi connectivity index (χ3v) is 5.61. The maximum Gasteiger partial charge on any atom is 0.268 e. The van der Waals surface area contributed by atoms with E-state index < -0.39 is 15.9 Å². The summed E-state index contributed by atoms with van der Waals surface area (Å²) in [7, 11) is -3.38. The molecule has 2 aromatic rings. The predicted molar refractivity (Wildman–Crippen MR) is 86.7 cm³/mol.